The van der Waals surface area contributed by atoms with Crippen molar-refractivity contribution >= 4 is 47.0 Å². The van der Waals surface area contributed by atoms with E-state index < -0.39 is 0 Å². The lowest BCUT2D eigenvalue weighted by Crippen LogP contribution is -2.35. The Hall–Kier alpha value is -2.19. The van der Waals surface area contributed by atoms with E-state index in [4.69, 9.17) is 11.6 Å². The fourth-order valence-electron chi connectivity index (χ4n) is 1.95. The molecular formula is C11H8ClN7S. The molecule has 20 heavy (non-hydrogen) atoms. The molecule has 0 amide bonds. The van der Waals surface area contributed by atoms with E-state index in [9.17, 15) is 0 Å². The van der Waals surface area contributed by atoms with Crippen LogP contribution in [-0.4, -0.2) is 35.5 Å². The van der Waals surface area contributed by atoms with Gasteiger partial charge in [0, 0.05) is 23.8 Å². The Morgan fingerprint density at radius 2 is 2.35 bits per heavy atom. The zero-order chi connectivity index (χ0) is 13.5. The minimum absolute atomic E-state index is 0.326. The Labute approximate surface area is 122 Å². The first-order valence-electron chi connectivity index (χ1n) is 5.82. The van der Waals surface area contributed by atoms with Crippen LogP contribution in [0.5, 0.6) is 0 Å². The predicted octanol–water partition coefficient (Wildman–Crippen LogP) is 0.0954. The van der Waals surface area contributed by atoms with Crippen molar-refractivity contribution < 1.29 is 0 Å². The summed E-state index contributed by atoms with van der Waals surface area (Å²) < 4.78 is 6.92. The third-order valence-corrected chi connectivity index (χ3v) is 3.93. The van der Waals surface area contributed by atoms with Gasteiger partial charge in [-0.2, -0.15) is 9.36 Å². The summed E-state index contributed by atoms with van der Waals surface area (Å²) in [6.45, 7) is 0.719. The molecule has 9 heteroatoms. The summed E-state index contributed by atoms with van der Waals surface area (Å²) in [5, 5.41) is 7.59. The fraction of sp³-hybridized carbons (Fsp3) is 0.0909. The average Bonchev–Trinajstić information content (AvgIpc) is 3.05. The maximum atomic E-state index is 5.97. The van der Waals surface area contributed by atoms with Gasteiger partial charge in [0.15, 0.2) is 10.8 Å². The number of aromatic nitrogens is 5. The quantitative estimate of drug-likeness (QED) is 0.724. The molecule has 0 saturated carbocycles. The number of nitrogens with zero attached hydrogens (tertiary/aromatic N) is 6. The van der Waals surface area contributed by atoms with Crippen LogP contribution in [0.4, 0.5) is 5.95 Å². The third kappa shape index (κ3) is 1.89. The lowest BCUT2D eigenvalue weighted by Gasteiger charge is -2.19. The zero-order valence-electron chi connectivity index (χ0n) is 10.1. The normalized spacial score (nSPS) is 13.8. The molecule has 1 N–H and O–H groups in total. The van der Waals surface area contributed by atoms with Crippen LogP contribution in [-0.2, 0) is 0 Å². The SMILES string of the molecule is Clc1nccn2nc(NN3C=c4cnsc4=CC3)nc12. The highest BCUT2D eigenvalue weighted by molar-refractivity contribution is 7.03. The first-order chi connectivity index (χ1) is 9.79. The maximum Gasteiger partial charge on any atom is 0.262 e. The lowest BCUT2D eigenvalue weighted by atomic mass is 10.4. The van der Waals surface area contributed by atoms with Gasteiger partial charge in [-0.25, -0.2) is 9.50 Å². The number of anilines is 1. The van der Waals surface area contributed by atoms with Gasteiger partial charge in [0.2, 0.25) is 0 Å². The maximum absolute atomic E-state index is 5.97. The van der Waals surface area contributed by atoms with Crippen molar-refractivity contribution in [2.75, 3.05) is 12.0 Å². The Kier molecular flexibility index (Phi) is 2.57. The molecule has 0 fully saturated rings. The molecule has 4 heterocycles. The van der Waals surface area contributed by atoms with Crippen LogP contribution in [0.3, 0.4) is 0 Å². The van der Waals surface area contributed by atoms with Crippen LogP contribution in [0.15, 0.2) is 18.6 Å². The van der Waals surface area contributed by atoms with Gasteiger partial charge in [-0.3, -0.25) is 10.4 Å². The number of rotatable bonds is 2. The number of hydrogen-bond acceptors (Lipinski definition) is 7. The van der Waals surface area contributed by atoms with E-state index in [-0.39, 0.29) is 0 Å². The van der Waals surface area contributed by atoms with Gasteiger partial charge in [-0.1, -0.05) is 11.6 Å². The van der Waals surface area contributed by atoms with Gasteiger partial charge in [-0.05, 0) is 17.6 Å². The average molecular weight is 306 g/mol. The van der Waals surface area contributed by atoms with Gasteiger partial charge in [0.1, 0.15) is 0 Å². The summed E-state index contributed by atoms with van der Waals surface area (Å²) in [5.41, 5.74) is 3.65. The molecule has 0 bridgehead atoms. The Morgan fingerprint density at radius 3 is 3.25 bits per heavy atom. The molecule has 0 aromatic carbocycles. The van der Waals surface area contributed by atoms with Gasteiger partial charge < -0.3 is 0 Å². The minimum atomic E-state index is 0.326. The molecule has 7 nitrogen and oxygen atoms in total. The van der Waals surface area contributed by atoms with Crippen LogP contribution in [0.1, 0.15) is 0 Å². The lowest BCUT2D eigenvalue weighted by molar-refractivity contribution is 0.545. The zero-order valence-corrected chi connectivity index (χ0v) is 11.6. The van der Waals surface area contributed by atoms with Crippen LogP contribution in [0.2, 0.25) is 5.15 Å². The van der Waals surface area contributed by atoms with Gasteiger partial charge in [0.05, 0.1) is 17.3 Å². The second-order valence-electron chi connectivity index (χ2n) is 4.16. The Morgan fingerprint density at radius 1 is 1.40 bits per heavy atom. The number of hydrogen-bond donors (Lipinski definition) is 1. The van der Waals surface area contributed by atoms with Crippen LogP contribution < -0.4 is 15.2 Å². The van der Waals surface area contributed by atoms with E-state index in [1.807, 2.05) is 17.4 Å². The highest BCUT2D eigenvalue weighted by atomic mass is 35.5. The summed E-state index contributed by atoms with van der Waals surface area (Å²) in [7, 11) is 0. The van der Waals surface area contributed by atoms with Crippen molar-refractivity contribution in [3.63, 3.8) is 0 Å². The van der Waals surface area contributed by atoms with E-state index in [0.29, 0.717) is 16.7 Å². The first-order valence-corrected chi connectivity index (χ1v) is 6.98. The largest absolute Gasteiger partial charge is 0.288 e. The van der Waals surface area contributed by atoms with Crippen molar-refractivity contribution in [3.05, 3.63) is 33.5 Å². The van der Waals surface area contributed by atoms with Crippen molar-refractivity contribution in [2.24, 2.45) is 0 Å². The first kappa shape index (κ1) is 11.6. The molecule has 0 unspecified atom stereocenters. The van der Waals surface area contributed by atoms with E-state index in [0.717, 1.165) is 11.8 Å². The number of halogens is 1. The molecule has 0 spiro atoms. The summed E-state index contributed by atoms with van der Waals surface area (Å²) in [4.78, 5) is 8.28. The Bertz CT molecular complexity index is 899. The summed E-state index contributed by atoms with van der Waals surface area (Å²) >= 11 is 7.46. The molecular weight excluding hydrogens is 298 g/mol. The molecule has 3 aromatic heterocycles. The minimum Gasteiger partial charge on any atom is -0.288 e. The topological polar surface area (TPSA) is 71.2 Å². The van der Waals surface area contributed by atoms with Crippen molar-refractivity contribution in [2.45, 2.75) is 0 Å². The molecule has 4 rings (SSSR count). The third-order valence-electron chi connectivity index (χ3n) is 2.85. The molecule has 0 saturated heterocycles. The summed E-state index contributed by atoms with van der Waals surface area (Å²) in [5.74, 6) is 0.469. The van der Waals surface area contributed by atoms with Crippen LogP contribution >= 0.6 is 23.1 Å². The van der Waals surface area contributed by atoms with Gasteiger partial charge in [-0.15, -0.1) is 5.10 Å². The van der Waals surface area contributed by atoms with Crippen molar-refractivity contribution in [3.8, 4) is 0 Å². The monoisotopic (exact) mass is 305 g/mol. The van der Waals surface area contributed by atoms with E-state index in [1.54, 1.807) is 16.9 Å². The standard InChI is InChI=1S/C11H8ClN7S/c12-9-10-15-11(17-19(10)4-2-13-9)16-18-3-1-8-7(6-18)5-14-20-8/h1-2,4-6H,3H2,(H,16,17). The van der Waals surface area contributed by atoms with E-state index in [2.05, 4.69) is 30.9 Å². The predicted molar refractivity (Wildman–Crippen MR) is 76.4 cm³/mol. The highest BCUT2D eigenvalue weighted by Gasteiger charge is 2.10. The number of hydrazine groups is 1. The fourth-order valence-corrected chi connectivity index (χ4v) is 2.78. The van der Waals surface area contributed by atoms with Gasteiger partial charge in [0.25, 0.3) is 5.95 Å². The molecule has 3 aromatic rings. The van der Waals surface area contributed by atoms with Crippen LogP contribution in [0.25, 0.3) is 17.9 Å². The molecule has 1 aliphatic heterocycles. The molecule has 0 radical (unpaired) electrons. The van der Waals surface area contributed by atoms with Crippen molar-refractivity contribution in [1.82, 2.24) is 29.0 Å². The second kappa shape index (κ2) is 4.43. The summed E-state index contributed by atoms with van der Waals surface area (Å²) in [6.07, 6.45) is 9.20. The van der Waals surface area contributed by atoms with Crippen LogP contribution in [0, 0.1) is 0 Å². The van der Waals surface area contributed by atoms with E-state index in [1.165, 1.54) is 16.1 Å². The highest BCUT2D eigenvalue weighted by Crippen LogP contribution is 2.13. The molecule has 100 valence electrons. The Balaban J connectivity index is 1.67. The second-order valence-corrected chi connectivity index (χ2v) is 5.36. The summed E-state index contributed by atoms with van der Waals surface area (Å²) in [6, 6.07) is 0. The molecule has 0 atom stereocenters. The van der Waals surface area contributed by atoms with E-state index >= 15 is 0 Å². The molecule has 0 aliphatic carbocycles. The number of nitrogens with one attached hydrogen (secondary N) is 1. The van der Waals surface area contributed by atoms with Crippen molar-refractivity contribution in [1.29, 1.82) is 0 Å². The molecule has 1 aliphatic rings. The smallest absolute Gasteiger partial charge is 0.262 e. The van der Waals surface area contributed by atoms with Gasteiger partial charge >= 0.3 is 0 Å². The number of fused-ring (bicyclic) bond motifs is 2.